The van der Waals surface area contributed by atoms with Crippen molar-refractivity contribution in [1.82, 2.24) is 15.5 Å². The number of urea groups is 1. The summed E-state index contributed by atoms with van der Waals surface area (Å²) in [6.45, 7) is 6.05. The van der Waals surface area contributed by atoms with Crippen LogP contribution < -0.4 is 10.6 Å². The minimum absolute atomic E-state index is 0.0827. The van der Waals surface area contributed by atoms with Gasteiger partial charge >= 0.3 is 12.0 Å². The Labute approximate surface area is 108 Å². The van der Waals surface area contributed by atoms with Crippen molar-refractivity contribution in [2.75, 3.05) is 33.3 Å². The van der Waals surface area contributed by atoms with Gasteiger partial charge in [-0.05, 0) is 32.9 Å². The third-order valence-corrected chi connectivity index (χ3v) is 3.12. The Morgan fingerprint density at radius 2 is 2.17 bits per heavy atom. The largest absolute Gasteiger partial charge is 0.465 e. The van der Waals surface area contributed by atoms with Crippen LogP contribution in [0.5, 0.6) is 0 Å². The number of nitrogens with zero attached hydrogens (tertiary/aromatic N) is 1. The first-order valence-corrected chi connectivity index (χ1v) is 6.41. The number of amides is 2. The molecule has 2 atom stereocenters. The third-order valence-electron chi connectivity index (χ3n) is 3.12. The lowest BCUT2D eigenvalue weighted by atomic mass is 9.94. The molecule has 0 radical (unpaired) electrons. The maximum atomic E-state index is 11.6. The van der Waals surface area contributed by atoms with Gasteiger partial charge < -0.3 is 20.3 Å². The first-order valence-electron chi connectivity index (χ1n) is 6.41. The van der Waals surface area contributed by atoms with Crippen molar-refractivity contribution in [2.45, 2.75) is 26.3 Å². The number of rotatable bonds is 4. The van der Waals surface area contributed by atoms with Gasteiger partial charge in [-0.2, -0.15) is 0 Å². The van der Waals surface area contributed by atoms with Crippen molar-refractivity contribution in [3.05, 3.63) is 0 Å². The van der Waals surface area contributed by atoms with Crippen LogP contribution in [0.1, 0.15) is 20.3 Å². The van der Waals surface area contributed by atoms with Crippen molar-refractivity contribution in [1.29, 1.82) is 0 Å². The van der Waals surface area contributed by atoms with E-state index in [0.29, 0.717) is 12.5 Å². The maximum absolute atomic E-state index is 11.6. The molecule has 2 unspecified atom stereocenters. The van der Waals surface area contributed by atoms with Crippen LogP contribution in [0.3, 0.4) is 0 Å². The molecule has 2 amide bonds. The number of carbonyl (C=O) groups excluding carboxylic acids is 2. The summed E-state index contributed by atoms with van der Waals surface area (Å²) in [5.41, 5.74) is 0. The Kier molecular flexibility index (Phi) is 5.91. The van der Waals surface area contributed by atoms with E-state index in [2.05, 4.69) is 29.5 Å². The molecule has 0 bridgehead atoms. The van der Waals surface area contributed by atoms with Gasteiger partial charge in [-0.3, -0.25) is 4.79 Å². The maximum Gasteiger partial charge on any atom is 0.325 e. The molecule has 0 aromatic carbocycles. The number of piperidine rings is 1. The van der Waals surface area contributed by atoms with Crippen LogP contribution in [0.2, 0.25) is 0 Å². The number of nitrogens with one attached hydrogen (secondary N) is 2. The predicted octanol–water partition coefficient (Wildman–Crippen LogP) is 0.189. The summed E-state index contributed by atoms with van der Waals surface area (Å²) < 4.78 is 4.73. The van der Waals surface area contributed by atoms with Crippen LogP contribution in [0.15, 0.2) is 0 Å². The number of esters is 1. The van der Waals surface area contributed by atoms with Crippen molar-refractivity contribution in [3.63, 3.8) is 0 Å². The fourth-order valence-electron chi connectivity index (χ4n) is 2.15. The van der Waals surface area contributed by atoms with Gasteiger partial charge in [0.15, 0.2) is 0 Å². The molecule has 0 aliphatic carbocycles. The van der Waals surface area contributed by atoms with Crippen molar-refractivity contribution in [3.8, 4) is 0 Å². The first kappa shape index (κ1) is 14.8. The Morgan fingerprint density at radius 3 is 2.78 bits per heavy atom. The second-order valence-electron chi connectivity index (χ2n) is 4.77. The zero-order valence-corrected chi connectivity index (χ0v) is 11.4. The molecule has 0 aromatic rings. The quantitative estimate of drug-likeness (QED) is 0.705. The van der Waals surface area contributed by atoms with E-state index in [9.17, 15) is 9.59 Å². The molecule has 0 aromatic heterocycles. The fraction of sp³-hybridized carbons (Fsp3) is 0.833. The fourth-order valence-corrected chi connectivity index (χ4v) is 2.15. The summed E-state index contributed by atoms with van der Waals surface area (Å²) in [7, 11) is 2.08. The van der Waals surface area contributed by atoms with Crippen molar-refractivity contribution < 1.29 is 14.3 Å². The van der Waals surface area contributed by atoms with E-state index < -0.39 is 5.97 Å². The zero-order chi connectivity index (χ0) is 13.5. The molecule has 2 N–H and O–H groups in total. The zero-order valence-electron chi connectivity index (χ0n) is 11.4. The molecule has 6 nitrogen and oxygen atoms in total. The SMILES string of the molecule is CCOC(=O)CNC(=O)NC1CCN(C)CC1C. The summed E-state index contributed by atoms with van der Waals surface area (Å²) in [4.78, 5) is 24.9. The Morgan fingerprint density at radius 1 is 1.44 bits per heavy atom. The highest BCUT2D eigenvalue weighted by Gasteiger charge is 2.25. The molecule has 1 aliphatic heterocycles. The summed E-state index contributed by atoms with van der Waals surface area (Å²) >= 11 is 0. The van der Waals surface area contributed by atoms with Gasteiger partial charge in [-0.25, -0.2) is 4.79 Å². The molecule has 104 valence electrons. The van der Waals surface area contributed by atoms with Crippen LogP contribution in [-0.4, -0.2) is 56.2 Å². The average molecular weight is 257 g/mol. The Hall–Kier alpha value is -1.30. The summed E-state index contributed by atoms with van der Waals surface area (Å²) in [5, 5.41) is 5.41. The van der Waals surface area contributed by atoms with Gasteiger partial charge in [-0.15, -0.1) is 0 Å². The standard InChI is InChI=1S/C12H23N3O3/c1-4-18-11(16)7-13-12(17)14-10-5-6-15(3)8-9(10)2/h9-10H,4-8H2,1-3H3,(H2,13,14,17). The van der Waals surface area contributed by atoms with Gasteiger partial charge in [0.2, 0.25) is 0 Å². The molecule has 1 fully saturated rings. The smallest absolute Gasteiger partial charge is 0.325 e. The highest BCUT2D eigenvalue weighted by atomic mass is 16.5. The normalized spacial score (nSPS) is 24.4. The molecule has 1 aliphatic rings. The second kappa shape index (κ2) is 7.20. The number of ether oxygens (including phenoxy) is 1. The highest BCUT2D eigenvalue weighted by molar-refractivity contribution is 5.80. The molecular weight excluding hydrogens is 234 g/mol. The molecular formula is C12H23N3O3. The molecule has 1 heterocycles. The van der Waals surface area contributed by atoms with Crippen molar-refractivity contribution >= 4 is 12.0 Å². The van der Waals surface area contributed by atoms with E-state index in [0.717, 1.165) is 19.5 Å². The van der Waals surface area contributed by atoms with Crippen LogP contribution in [0.4, 0.5) is 4.79 Å². The van der Waals surface area contributed by atoms with Gasteiger partial charge in [0.1, 0.15) is 6.54 Å². The molecule has 6 heteroatoms. The molecule has 0 saturated carbocycles. The molecule has 18 heavy (non-hydrogen) atoms. The lowest BCUT2D eigenvalue weighted by Gasteiger charge is -2.35. The van der Waals surface area contributed by atoms with Gasteiger partial charge in [0, 0.05) is 12.6 Å². The average Bonchev–Trinajstić information content (AvgIpc) is 2.31. The van der Waals surface area contributed by atoms with E-state index >= 15 is 0 Å². The third kappa shape index (κ3) is 4.91. The predicted molar refractivity (Wildman–Crippen MR) is 68.2 cm³/mol. The van der Waals surface area contributed by atoms with E-state index in [1.807, 2.05) is 0 Å². The lowest BCUT2D eigenvalue weighted by molar-refractivity contribution is -0.141. The molecule has 0 spiro atoms. The van der Waals surface area contributed by atoms with E-state index in [1.54, 1.807) is 6.92 Å². The van der Waals surface area contributed by atoms with Crippen LogP contribution >= 0.6 is 0 Å². The van der Waals surface area contributed by atoms with E-state index in [4.69, 9.17) is 4.74 Å². The number of hydrogen-bond donors (Lipinski definition) is 2. The number of likely N-dealkylation sites (tertiary alicyclic amines) is 1. The summed E-state index contributed by atoms with van der Waals surface area (Å²) in [5.74, 6) is 0.00108. The number of hydrogen-bond acceptors (Lipinski definition) is 4. The monoisotopic (exact) mass is 257 g/mol. The minimum atomic E-state index is -0.413. The van der Waals surface area contributed by atoms with Crippen LogP contribution in [-0.2, 0) is 9.53 Å². The molecule has 1 saturated heterocycles. The van der Waals surface area contributed by atoms with E-state index in [-0.39, 0.29) is 18.6 Å². The van der Waals surface area contributed by atoms with E-state index in [1.165, 1.54) is 0 Å². The summed E-state index contributed by atoms with van der Waals surface area (Å²) in [6, 6.07) is -0.132. The topological polar surface area (TPSA) is 70.7 Å². The number of carbonyl (C=O) groups is 2. The van der Waals surface area contributed by atoms with Gasteiger partial charge in [0.05, 0.1) is 6.61 Å². The highest BCUT2D eigenvalue weighted by Crippen LogP contribution is 2.14. The first-order chi connectivity index (χ1) is 8.52. The Bertz CT molecular complexity index is 296. The van der Waals surface area contributed by atoms with Gasteiger partial charge in [-0.1, -0.05) is 6.92 Å². The van der Waals surface area contributed by atoms with Crippen LogP contribution in [0, 0.1) is 5.92 Å². The minimum Gasteiger partial charge on any atom is -0.465 e. The van der Waals surface area contributed by atoms with Crippen LogP contribution in [0.25, 0.3) is 0 Å². The lowest BCUT2D eigenvalue weighted by Crippen LogP contribution is -2.52. The molecule has 1 rings (SSSR count). The van der Waals surface area contributed by atoms with Gasteiger partial charge in [0.25, 0.3) is 0 Å². The Balaban J connectivity index is 2.25. The van der Waals surface area contributed by atoms with Crippen molar-refractivity contribution in [2.24, 2.45) is 5.92 Å². The second-order valence-corrected chi connectivity index (χ2v) is 4.77. The summed E-state index contributed by atoms with van der Waals surface area (Å²) in [6.07, 6.45) is 0.935.